The van der Waals surface area contributed by atoms with Crippen LogP contribution in [0.3, 0.4) is 0 Å². The number of hydrogen-bond acceptors (Lipinski definition) is 4. The lowest BCUT2D eigenvalue weighted by molar-refractivity contribution is 0.602. The van der Waals surface area contributed by atoms with Crippen molar-refractivity contribution in [3.8, 4) is 6.07 Å². The van der Waals surface area contributed by atoms with Crippen molar-refractivity contribution in [2.75, 3.05) is 0 Å². The second-order valence-electron chi connectivity index (χ2n) is 4.56. The monoisotopic (exact) mass is 371 g/mol. The average Bonchev–Trinajstić information content (AvgIpc) is 2.84. The summed E-state index contributed by atoms with van der Waals surface area (Å²) < 4.78 is 24.8. The van der Waals surface area contributed by atoms with E-state index in [0.29, 0.717) is 10.6 Å². The maximum atomic E-state index is 12.4. The number of halogens is 2. The molecule has 0 N–H and O–H groups in total. The molecule has 0 fully saturated rings. The molecule has 0 amide bonds. The van der Waals surface area contributed by atoms with E-state index >= 15 is 0 Å². The van der Waals surface area contributed by atoms with Gasteiger partial charge in [-0.05, 0) is 42.8 Å². The second kappa shape index (κ2) is 6.84. The normalized spacial score (nSPS) is 12.2. The summed E-state index contributed by atoms with van der Waals surface area (Å²) in [5.74, 6) is -0.341. The first-order valence-corrected chi connectivity index (χ1v) is 9.39. The molecule has 0 saturated heterocycles. The topological polar surface area (TPSA) is 57.9 Å². The van der Waals surface area contributed by atoms with E-state index < -0.39 is 9.84 Å². The molecule has 0 atom stereocenters. The summed E-state index contributed by atoms with van der Waals surface area (Å²) in [7, 11) is -3.77. The Kier molecular flexibility index (Phi) is 5.30. The van der Waals surface area contributed by atoms with E-state index in [1.54, 1.807) is 24.3 Å². The summed E-state index contributed by atoms with van der Waals surface area (Å²) >= 11 is 13.2. The molecule has 1 aromatic heterocycles. The van der Waals surface area contributed by atoms with E-state index in [1.165, 1.54) is 23.5 Å². The molecule has 0 aliphatic heterocycles. The van der Waals surface area contributed by atoms with Gasteiger partial charge < -0.3 is 0 Å². The van der Waals surface area contributed by atoms with Crippen LogP contribution in [-0.2, 0) is 15.6 Å². The van der Waals surface area contributed by atoms with Gasteiger partial charge in [-0.15, -0.1) is 11.3 Å². The highest BCUT2D eigenvalue weighted by atomic mass is 35.5. The first kappa shape index (κ1) is 17.0. The molecule has 1 aromatic carbocycles. The third kappa shape index (κ3) is 4.11. The number of allylic oxidation sites excluding steroid dienone is 1. The number of thiophene rings is 1. The summed E-state index contributed by atoms with van der Waals surface area (Å²) in [5.41, 5.74) is 0.412. The predicted octanol–water partition coefficient (Wildman–Crippen LogP) is 4.84. The van der Waals surface area contributed by atoms with Crippen molar-refractivity contribution in [3.63, 3.8) is 0 Å². The Bertz CT molecular complexity index is 877. The highest BCUT2D eigenvalue weighted by Gasteiger charge is 2.20. The number of benzene rings is 1. The number of hydrogen-bond donors (Lipinski definition) is 0. The van der Waals surface area contributed by atoms with Crippen LogP contribution in [0.25, 0.3) is 6.08 Å². The van der Waals surface area contributed by atoms with Crippen LogP contribution in [0, 0.1) is 18.3 Å². The molecular weight excluding hydrogens is 361 g/mol. The minimum Gasteiger partial charge on any atom is -0.223 e. The first-order valence-electron chi connectivity index (χ1n) is 6.17. The molecule has 7 heteroatoms. The lowest BCUT2D eigenvalue weighted by Gasteiger charge is -2.05. The standard InChI is InChI=1S/C15H11Cl2NO2S2/c1-10-2-5-13(21-10)7-14(8-18)22(19,20)9-11-3-4-12(16)6-15(11)17/h2-7H,9H2,1H3. The number of sulfone groups is 1. The van der Waals surface area contributed by atoms with Crippen LogP contribution >= 0.6 is 34.5 Å². The van der Waals surface area contributed by atoms with E-state index in [1.807, 2.05) is 13.0 Å². The molecule has 0 saturated carbocycles. The fourth-order valence-electron chi connectivity index (χ4n) is 1.77. The minimum absolute atomic E-state index is 0.264. The fourth-order valence-corrected chi connectivity index (χ4v) is 4.49. The van der Waals surface area contributed by atoms with Crippen LogP contribution in [0.2, 0.25) is 10.0 Å². The van der Waals surface area contributed by atoms with Crippen LogP contribution in [0.4, 0.5) is 0 Å². The van der Waals surface area contributed by atoms with Crippen molar-refractivity contribution < 1.29 is 8.42 Å². The van der Waals surface area contributed by atoms with Crippen molar-refractivity contribution in [1.82, 2.24) is 0 Å². The number of nitriles is 1. The molecule has 22 heavy (non-hydrogen) atoms. The summed E-state index contributed by atoms with van der Waals surface area (Å²) in [5, 5.41) is 9.87. The van der Waals surface area contributed by atoms with Crippen LogP contribution in [-0.4, -0.2) is 8.42 Å². The minimum atomic E-state index is -3.77. The van der Waals surface area contributed by atoms with Crippen LogP contribution in [0.5, 0.6) is 0 Å². The van der Waals surface area contributed by atoms with E-state index in [9.17, 15) is 13.7 Å². The SMILES string of the molecule is Cc1ccc(C=C(C#N)S(=O)(=O)Cc2ccc(Cl)cc2Cl)s1. The van der Waals surface area contributed by atoms with Crippen LogP contribution in [0.15, 0.2) is 35.2 Å². The van der Waals surface area contributed by atoms with Crippen LogP contribution in [0.1, 0.15) is 15.3 Å². The van der Waals surface area contributed by atoms with Gasteiger partial charge in [-0.3, -0.25) is 0 Å². The third-order valence-corrected chi connectivity index (χ3v) is 5.95. The molecule has 0 aliphatic rings. The molecule has 2 rings (SSSR count). The van der Waals surface area contributed by atoms with Gasteiger partial charge in [0.05, 0.1) is 5.75 Å². The smallest absolute Gasteiger partial charge is 0.192 e. The van der Waals surface area contributed by atoms with Gasteiger partial charge in [0.2, 0.25) is 0 Å². The Labute approximate surface area is 143 Å². The van der Waals surface area contributed by atoms with Crippen molar-refractivity contribution in [2.45, 2.75) is 12.7 Å². The van der Waals surface area contributed by atoms with E-state index in [-0.39, 0.29) is 15.7 Å². The number of aryl methyl sites for hydroxylation is 1. The molecule has 0 radical (unpaired) electrons. The molecule has 3 nitrogen and oxygen atoms in total. The lowest BCUT2D eigenvalue weighted by Crippen LogP contribution is -2.06. The van der Waals surface area contributed by atoms with Crippen molar-refractivity contribution in [2.24, 2.45) is 0 Å². The molecule has 1 heterocycles. The van der Waals surface area contributed by atoms with Crippen LogP contribution < -0.4 is 0 Å². The maximum absolute atomic E-state index is 12.4. The van der Waals surface area contributed by atoms with Gasteiger partial charge in [-0.1, -0.05) is 29.3 Å². The summed E-state index contributed by atoms with van der Waals surface area (Å²) in [6.45, 7) is 1.91. The van der Waals surface area contributed by atoms with Gasteiger partial charge >= 0.3 is 0 Å². The highest BCUT2D eigenvalue weighted by Crippen LogP contribution is 2.26. The average molecular weight is 372 g/mol. The molecule has 0 aliphatic carbocycles. The predicted molar refractivity (Wildman–Crippen MR) is 91.7 cm³/mol. The number of rotatable bonds is 4. The molecular formula is C15H11Cl2NO2S2. The third-order valence-electron chi connectivity index (χ3n) is 2.84. The zero-order chi connectivity index (χ0) is 16.3. The largest absolute Gasteiger partial charge is 0.223 e. The highest BCUT2D eigenvalue weighted by molar-refractivity contribution is 7.95. The summed E-state index contributed by atoms with van der Waals surface area (Å²) in [6, 6.07) is 10.0. The Balaban J connectivity index is 2.35. The lowest BCUT2D eigenvalue weighted by atomic mass is 10.2. The zero-order valence-electron chi connectivity index (χ0n) is 11.5. The van der Waals surface area contributed by atoms with Gasteiger partial charge in [0.25, 0.3) is 0 Å². The Morgan fingerprint density at radius 3 is 2.59 bits per heavy atom. The van der Waals surface area contributed by atoms with Crippen molar-refractivity contribution >= 4 is 50.5 Å². The summed E-state index contributed by atoms with van der Waals surface area (Å²) in [6.07, 6.45) is 1.39. The van der Waals surface area contributed by atoms with Gasteiger partial charge in [0.15, 0.2) is 9.84 Å². The Hall–Kier alpha value is -1.32. The zero-order valence-corrected chi connectivity index (χ0v) is 14.7. The Morgan fingerprint density at radius 1 is 1.32 bits per heavy atom. The van der Waals surface area contributed by atoms with Gasteiger partial charge in [-0.2, -0.15) is 5.26 Å². The maximum Gasteiger partial charge on any atom is 0.192 e. The Morgan fingerprint density at radius 2 is 2.05 bits per heavy atom. The van der Waals surface area contributed by atoms with Gasteiger partial charge in [0.1, 0.15) is 11.0 Å². The van der Waals surface area contributed by atoms with E-state index in [2.05, 4.69) is 0 Å². The summed E-state index contributed by atoms with van der Waals surface area (Å²) in [4.78, 5) is 1.49. The molecule has 0 bridgehead atoms. The quantitative estimate of drug-likeness (QED) is 0.722. The fraction of sp³-hybridized carbons (Fsp3) is 0.133. The van der Waals surface area contributed by atoms with Gasteiger partial charge in [0, 0.05) is 19.8 Å². The van der Waals surface area contributed by atoms with Crippen molar-refractivity contribution in [3.05, 3.63) is 60.6 Å². The first-order chi connectivity index (χ1) is 10.3. The second-order valence-corrected chi connectivity index (χ2v) is 8.68. The molecule has 0 unspecified atom stereocenters. The molecule has 0 spiro atoms. The van der Waals surface area contributed by atoms with E-state index in [4.69, 9.17) is 23.2 Å². The molecule has 2 aromatic rings. The van der Waals surface area contributed by atoms with Crippen molar-refractivity contribution in [1.29, 1.82) is 5.26 Å². The van der Waals surface area contributed by atoms with Gasteiger partial charge in [-0.25, -0.2) is 8.42 Å². The van der Waals surface area contributed by atoms with E-state index in [0.717, 1.165) is 9.75 Å². The molecule has 114 valence electrons. The number of nitrogens with zero attached hydrogens (tertiary/aromatic N) is 1.